The van der Waals surface area contributed by atoms with Crippen LogP contribution in [-0.4, -0.2) is 45.7 Å². The number of aliphatic hydroxyl groups excluding tert-OH is 1. The molecule has 4 aromatic rings. The fourth-order valence-corrected chi connectivity index (χ4v) is 5.13. The van der Waals surface area contributed by atoms with E-state index in [1.54, 1.807) is 19.2 Å². The molecular weight excluding hydrogens is 560 g/mol. The van der Waals surface area contributed by atoms with Crippen molar-refractivity contribution in [3.63, 3.8) is 0 Å². The van der Waals surface area contributed by atoms with E-state index in [0.717, 1.165) is 36.4 Å². The van der Waals surface area contributed by atoms with Crippen molar-refractivity contribution in [2.24, 2.45) is 0 Å². The second-order valence-corrected chi connectivity index (χ2v) is 10.2. The molecule has 1 saturated heterocycles. The highest BCUT2D eigenvalue weighted by Gasteiger charge is 2.34. The van der Waals surface area contributed by atoms with E-state index in [1.165, 1.54) is 0 Å². The van der Waals surface area contributed by atoms with Crippen molar-refractivity contribution < 1.29 is 31.4 Å². The van der Waals surface area contributed by atoms with Gasteiger partial charge in [0, 0.05) is 43.0 Å². The summed E-state index contributed by atoms with van der Waals surface area (Å²) in [7, 11) is 0. The van der Waals surface area contributed by atoms with Gasteiger partial charge in [-0.3, -0.25) is 0 Å². The smallest absolute Gasteiger partial charge is 0.389 e. The van der Waals surface area contributed by atoms with Crippen molar-refractivity contribution in [2.45, 2.75) is 38.3 Å². The van der Waals surface area contributed by atoms with Crippen LogP contribution in [0.1, 0.15) is 36.6 Å². The number of rotatable bonds is 4. The predicted octanol–water partition coefficient (Wildman–Crippen LogP) is 7.08. The van der Waals surface area contributed by atoms with Crippen LogP contribution in [0.2, 0.25) is 5.02 Å². The average molecular weight is 584 g/mol. The Bertz CT molecular complexity index is 1530. The standard InChI is InChI=1S/C27H24ClF6N5O/c1-14-13-38(24-21(28)9-17(12-35-24)15(2)40)7-8-39(14)25-36-22-11-19(27(32,33)34)10-20(23(22)37-25)16-3-5-18(6-4-16)26(29,30)31/h3-6,9-12,14-15,40H,7-8,13H2,1-2H3,(H,36,37)/t14-,15?/m1/s1. The van der Waals surface area contributed by atoms with Gasteiger partial charge in [-0.05, 0) is 49.7 Å². The molecule has 5 rings (SSSR count). The van der Waals surface area contributed by atoms with Crippen molar-refractivity contribution in [3.8, 4) is 11.1 Å². The number of benzene rings is 2. The maximum absolute atomic E-state index is 13.7. The first kappa shape index (κ1) is 28.0. The van der Waals surface area contributed by atoms with Gasteiger partial charge in [0.25, 0.3) is 0 Å². The van der Waals surface area contributed by atoms with Gasteiger partial charge in [-0.25, -0.2) is 9.97 Å². The summed E-state index contributed by atoms with van der Waals surface area (Å²) in [5.74, 6) is 0.903. The molecule has 40 heavy (non-hydrogen) atoms. The van der Waals surface area contributed by atoms with Gasteiger partial charge in [-0.1, -0.05) is 23.7 Å². The number of nitrogens with one attached hydrogen (secondary N) is 1. The van der Waals surface area contributed by atoms with Crippen LogP contribution in [0.25, 0.3) is 22.2 Å². The number of nitrogens with zero attached hydrogens (tertiary/aromatic N) is 4. The Morgan fingerprint density at radius 2 is 1.68 bits per heavy atom. The van der Waals surface area contributed by atoms with Gasteiger partial charge in [-0.15, -0.1) is 0 Å². The van der Waals surface area contributed by atoms with Crippen LogP contribution < -0.4 is 9.80 Å². The minimum atomic E-state index is -4.67. The summed E-state index contributed by atoms with van der Waals surface area (Å²) in [5.41, 5.74) is -0.662. The summed E-state index contributed by atoms with van der Waals surface area (Å²) in [6.07, 6.45) is -8.40. The number of hydrogen-bond acceptors (Lipinski definition) is 5. The second kappa shape index (κ2) is 10.2. The Kier molecular flexibility index (Phi) is 7.11. The van der Waals surface area contributed by atoms with E-state index in [-0.39, 0.29) is 28.2 Å². The van der Waals surface area contributed by atoms with E-state index in [1.807, 2.05) is 16.7 Å². The minimum Gasteiger partial charge on any atom is -0.389 e. The molecule has 1 aliphatic rings. The Hall–Kier alpha value is -3.51. The molecule has 0 bridgehead atoms. The van der Waals surface area contributed by atoms with Crippen LogP contribution in [-0.2, 0) is 12.4 Å². The third kappa shape index (κ3) is 5.42. The van der Waals surface area contributed by atoms with Crippen molar-refractivity contribution in [2.75, 3.05) is 29.4 Å². The molecule has 212 valence electrons. The van der Waals surface area contributed by atoms with Gasteiger partial charge in [-0.2, -0.15) is 26.3 Å². The second-order valence-electron chi connectivity index (χ2n) is 9.79. The monoisotopic (exact) mass is 583 g/mol. The number of halogens is 7. The quantitative estimate of drug-likeness (QED) is 0.251. The third-order valence-corrected chi connectivity index (χ3v) is 7.23. The Labute approximate surface area is 230 Å². The van der Waals surface area contributed by atoms with E-state index in [0.29, 0.717) is 42.0 Å². The number of aromatic nitrogens is 3. The lowest BCUT2D eigenvalue weighted by molar-refractivity contribution is -0.138. The van der Waals surface area contributed by atoms with Crippen molar-refractivity contribution >= 4 is 34.4 Å². The number of piperazine rings is 1. The molecule has 13 heteroatoms. The third-order valence-electron chi connectivity index (χ3n) is 6.95. The summed E-state index contributed by atoms with van der Waals surface area (Å²) in [4.78, 5) is 15.9. The topological polar surface area (TPSA) is 68.3 Å². The molecule has 1 aliphatic heterocycles. The van der Waals surface area contributed by atoms with Gasteiger partial charge in [0.1, 0.15) is 5.82 Å². The molecule has 1 unspecified atom stereocenters. The van der Waals surface area contributed by atoms with Crippen LogP contribution in [0, 0.1) is 0 Å². The number of fused-ring (bicyclic) bond motifs is 1. The Balaban J connectivity index is 1.48. The number of hydrogen-bond donors (Lipinski definition) is 2. The minimum absolute atomic E-state index is 0.0709. The zero-order valence-corrected chi connectivity index (χ0v) is 22.0. The largest absolute Gasteiger partial charge is 0.416 e. The first-order valence-corrected chi connectivity index (χ1v) is 12.7. The van der Waals surface area contributed by atoms with E-state index in [4.69, 9.17) is 11.6 Å². The summed E-state index contributed by atoms with van der Waals surface area (Å²) < 4.78 is 80.4. The number of alkyl halides is 6. The predicted molar refractivity (Wildman–Crippen MR) is 140 cm³/mol. The highest BCUT2D eigenvalue weighted by Crippen LogP contribution is 2.39. The van der Waals surface area contributed by atoms with E-state index in [2.05, 4.69) is 15.0 Å². The molecular formula is C27H24ClF6N5O. The maximum atomic E-state index is 13.7. The van der Waals surface area contributed by atoms with Gasteiger partial charge in [0.15, 0.2) is 0 Å². The fraction of sp³-hybridized carbons (Fsp3) is 0.333. The van der Waals surface area contributed by atoms with Crippen molar-refractivity contribution in [1.29, 1.82) is 0 Å². The Morgan fingerprint density at radius 3 is 2.25 bits per heavy atom. The van der Waals surface area contributed by atoms with Crippen molar-refractivity contribution in [3.05, 3.63) is 70.4 Å². The summed E-state index contributed by atoms with van der Waals surface area (Å²) in [5, 5.41) is 10.2. The van der Waals surface area contributed by atoms with Crippen LogP contribution in [0.3, 0.4) is 0 Å². The number of aliphatic hydroxyl groups is 1. The highest BCUT2D eigenvalue weighted by molar-refractivity contribution is 6.33. The number of pyridine rings is 1. The fourth-order valence-electron chi connectivity index (χ4n) is 4.83. The highest BCUT2D eigenvalue weighted by atomic mass is 35.5. The van der Waals surface area contributed by atoms with E-state index >= 15 is 0 Å². The summed E-state index contributed by atoms with van der Waals surface area (Å²) in [6.45, 7) is 4.95. The summed E-state index contributed by atoms with van der Waals surface area (Å²) in [6, 6.07) is 7.33. The summed E-state index contributed by atoms with van der Waals surface area (Å²) >= 11 is 6.42. The zero-order valence-electron chi connectivity index (χ0n) is 21.3. The molecule has 0 spiro atoms. The zero-order chi connectivity index (χ0) is 29.0. The number of anilines is 2. The van der Waals surface area contributed by atoms with Crippen LogP contribution in [0.4, 0.5) is 38.1 Å². The average Bonchev–Trinajstić information content (AvgIpc) is 3.31. The van der Waals surface area contributed by atoms with Crippen LogP contribution in [0.15, 0.2) is 48.7 Å². The number of H-pyrrole nitrogens is 1. The number of aromatic amines is 1. The molecule has 2 N–H and O–H groups in total. The SMILES string of the molecule is CC(O)c1cnc(N2CCN(c3nc4c(-c5ccc(C(F)(F)F)cc5)cc(C(F)(F)F)cc4[nH]3)[C@H](C)C2)c(Cl)c1. The van der Waals surface area contributed by atoms with Gasteiger partial charge >= 0.3 is 12.4 Å². The van der Waals surface area contributed by atoms with Gasteiger partial charge in [0.2, 0.25) is 5.95 Å². The lowest BCUT2D eigenvalue weighted by atomic mass is 9.99. The molecule has 2 atom stereocenters. The maximum Gasteiger partial charge on any atom is 0.416 e. The van der Waals surface area contributed by atoms with Gasteiger partial charge in [0.05, 0.1) is 33.3 Å². The van der Waals surface area contributed by atoms with E-state index < -0.39 is 29.6 Å². The molecule has 2 aromatic heterocycles. The van der Waals surface area contributed by atoms with Gasteiger partial charge < -0.3 is 19.9 Å². The van der Waals surface area contributed by atoms with E-state index in [9.17, 15) is 31.4 Å². The first-order valence-electron chi connectivity index (χ1n) is 12.4. The van der Waals surface area contributed by atoms with Crippen LogP contribution >= 0.6 is 11.6 Å². The molecule has 0 amide bonds. The molecule has 1 fully saturated rings. The normalized spacial score (nSPS) is 17.5. The molecule has 2 aromatic carbocycles. The number of imidazole rings is 1. The molecule has 0 saturated carbocycles. The molecule has 0 radical (unpaired) electrons. The Morgan fingerprint density at radius 1 is 1.00 bits per heavy atom. The first-order chi connectivity index (χ1) is 18.7. The molecule has 3 heterocycles. The lowest BCUT2D eigenvalue weighted by Gasteiger charge is -2.40. The van der Waals surface area contributed by atoms with Crippen molar-refractivity contribution in [1.82, 2.24) is 15.0 Å². The molecule has 6 nitrogen and oxygen atoms in total. The lowest BCUT2D eigenvalue weighted by Crippen LogP contribution is -2.52. The van der Waals surface area contributed by atoms with Crippen LogP contribution in [0.5, 0.6) is 0 Å². The molecule has 0 aliphatic carbocycles.